The number of allylic oxidation sites excluding steroid dienone is 5. The molecule has 2 aliphatic heterocycles. The molecule has 0 saturated carbocycles. The van der Waals surface area contributed by atoms with Crippen LogP contribution in [0.1, 0.15) is 11.1 Å². The van der Waals surface area contributed by atoms with Crippen LogP contribution in [-0.2, 0) is 0 Å². The maximum absolute atomic E-state index is 4.55. The molecular formula is C17H17N3. The second-order valence-corrected chi connectivity index (χ2v) is 5.08. The van der Waals surface area contributed by atoms with Gasteiger partial charge in [-0.05, 0) is 61.4 Å². The Hall–Kier alpha value is -2.42. The minimum Gasteiger partial charge on any atom is -0.351 e. The van der Waals surface area contributed by atoms with E-state index in [0.29, 0.717) is 0 Å². The molecule has 0 unspecified atom stereocenters. The average molecular weight is 263 g/mol. The van der Waals surface area contributed by atoms with Crippen molar-refractivity contribution in [3.05, 3.63) is 82.1 Å². The zero-order chi connectivity index (χ0) is 14.1. The second-order valence-electron chi connectivity index (χ2n) is 5.08. The Labute approximate surface area is 118 Å². The molecule has 20 heavy (non-hydrogen) atoms. The molecule has 2 aliphatic rings. The molecule has 2 heterocycles. The number of hydrogen-bond donors (Lipinski definition) is 0. The molecule has 100 valence electrons. The summed E-state index contributed by atoms with van der Waals surface area (Å²) in [5.74, 6) is 0.758. The van der Waals surface area contributed by atoms with Gasteiger partial charge in [0, 0.05) is 18.9 Å². The van der Waals surface area contributed by atoms with Gasteiger partial charge in [0.1, 0.15) is 0 Å². The van der Waals surface area contributed by atoms with Gasteiger partial charge in [-0.2, -0.15) is 0 Å². The molecular weight excluding hydrogens is 246 g/mol. The van der Waals surface area contributed by atoms with E-state index in [9.17, 15) is 0 Å². The highest BCUT2D eigenvalue weighted by Crippen LogP contribution is 2.11. The van der Waals surface area contributed by atoms with Gasteiger partial charge in [-0.25, -0.2) is 9.98 Å². The molecule has 0 amide bonds. The van der Waals surface area contributed by atoms with E-state index in [1.54, 1.807) is 0 Å². The van der Waals surface area contributed by atoms with E-state index in [0.717, 1.165) is 22.2 Å². The first kappa shape index (κ1) is 12.6. The number of rotatable bonds is 1. The molecule has 1 aromatic rings. The molecule has 0 spiro atoms. The summed E-state index contributed by atoms with van der Waals surface area (Å²) in [7, 11) is 2.02. The summed E-state index contributed by atoms with van der Waals surface area (Å²) < 4.78 is 0. The van der Waals surface area contributed by atoms with Crippen molar-refractivity contribution in [2.45, 2.75) is 13.8 Å². The molecule has 0 aliphatic carbocycles. The lowest BCUT2D eigenvalue weighted by Crippen LogP contribution is -2.22. The lowest BCUT2D eigenvalue weighted by molar-refractivity contribution is 0.584. The summed E-state index contributed by atoms with van der Waals surface area (Å²) >= 11 is 0. The van der Waals surface area contributed by atoms with Gasteiger partial charge in [-0.3, -0.25) is 0 Å². The Kier molecular flexibility index (Phi) is 3.11. The fourth-order valence-electron chi connectivity index (χ4n) is 2.18. The molecule has 0 bridgehead atoms. The Bertz CT molecular complexity index is 749. The number of aryl methyl sites for hydroxylation is 2. The van der Waals surface area contributed by atoms with Gasteiger partial charge in [-0.15, -0.1) is 0 Å². The number of fused-ring (bicyclic) bond motifs is 1. The summed E-state index contributed by atoms with van der Waals surface area (Å²) in [6.07, 6.45) is 12.1. The van der Waals surface area contributed by atoms with Gasteiger partial charge in [0.25, 0.3) is 0 Å². The molecule has 0 radical (unpaired) electrons. The van der Waals surface area contributed by atoms with E-state index in [1.165, 1.54) is 11.1 Å². The first-order valence-electron chi connectivity index (χ1n) is 6.68. The van der Waals surface area contributed by atoms with Crippen LogP contribution in [0.4, 0.5) is 0 Å². The first-order valence-corrected chi connectivity index (χ1v) is 6.68. The van der Waals surface area contributed by atoms with Crippen molar-refractivity contribution in [1.82, 2.24) is 4.90 Å². The van der Waals surface area contributed by atoms with Crippen molar-refractivity contribution in [3.8, 4) is 0 Å². The van der Waals surface area contributed by atoms with E-state index in [4.69, 9.17) is 0 Å². The molecule has 0 atom stereocenters. The van der Waals surface area contributed by atoms with Gasteiger partial charge in [0.05, 0.1) is 10.7 Å². The van der Waals surface area contributed by atoms with Gasteiger partial charge in [-0.1, -0.05) is 6.08 Å². The van der Waals surface area contributed by atoms with Crippen molar-refractivity contribution in [2.75, 3.05) is 7.05 Å². The van der Waals surface area contributed by atoms with E-state index in [2.05, 4.69) is 46.9 Å². The van der Waals surface area contributed by atoms with Crippen molar-refractivity contribution >= 4 is 0 Å². The van der Waals surface area contributed by atoms with Gasteiger partial charge < -0.3 is 4.90 Å². The van der Waals surface area contributed by atoms with E-state index >= 15 is 0 Å². The molecule has 3 heteroatoms. The van der Waals surface area contributed by atoms with Crippen LogP contribution in [0.25, 0.3) is 0 Å². The molecule has 0 saturated heterocycles. The van der Waals surface area contributed by atoms with Crippen LogP contribution in [0.3, 0.4) is 0 Å². The largest absolute Gasteiger partial charge is 0.351 e. The van der Waals surface area contributed by atoms with E-state index < -0.39 is 0 Å². The number of benzene rings is 1. The Morgan fingerprint density at radius 1 is 0.950 bits per heavy atom. The zero-order valence-corrected chi connectivity index (χ0v) is 12.0. The molecule has 0 fully saturated rings. The number of nitrogens with zero attached hydrogens (tertiary/aromatic N) is 3. The maximum Gasteiger partial charge on any atom is 0.153 e. The monoisotopic (exact) mass is 263 g/mol. The Morgan fingerprint density at radius 3 is 2.20 bits per heavy atom. The Balaban J connectivity index is 1.96. The highest BCUT2D eigenvalue weighted by atomic mass is 15.1. The molecule has 3 rings (SSSR count). The molecule has 3 nitrogen and oxygen atoms in total. The van der Waals surface area contributed by atoms with Crippen LogP contribution in [-0.4, -0.2) is 11.9 Å². The third-order valence-corrected chi connectivity index (χ3v) is 3.56. The topological polar surface area (TPSA) is 28.0 Å². The summed E-state index contributed by atoms with van der Waals surface area (Å²) in [6, 6.07) is 4.19. The van der Waals surface area contributed by atoms with Crippen LogP contribution in [0, 0.1) is 13.8 Å². The third-order valence-electron chi connectivity index (χ3n) is 3.56. The summed E-state index contributed by atoms with van der Waals surface area (Å²) in [4.78, 5) is 11.2. The average Bonchev–Trinajstić information content (AvgIpc) is 2.80. The first-order chi connectivity index (χ1) is 9.63. The smallest absolute Gasteiger partial charge is 0.153 e. The predicted molar refractivity (Wildman–Crippen MR) is 80.4 cm³/mol. The third kappa shape index (κ3) is 2.35. The van der Waals surface area contributed by atoms with Crippen LogP contribution < -0.4 is 10.7 Å². The molecule has 0 aromatic heterocycles. The van der Waals surface area contributed by atoms with Gasteiger partial charge in [0.15, 0.2) is 5.82 Å². The quantitative estimate of drug-likeness (QED) is 0.764. The van der Waals surface area contributed by atoms with Crippen molar-refractivity contribution in [1.29, 1.82) is 0 Å². The summed E-state index contributed by atoms with van der Waals surface area (Å²) in [5.41, 5.74) is 3.62. The van der Waals surface area contributed by atoms with Crippen molar-refractivity contribution in [2.24, 2.45) is 9.98 Å². The minimum atomic E-state index is 0.758. The van der Waals surface area contributed by atoms with E-state index in [-0.39, 0.29) is 0 Å². The van der Waals surface area contributed by atoms with Crippen LogP contribution >= 0.6 is 0 Å². The number of likely N-dealkylation sites (N-methyl/N-ethyl adjacent to an activating group) is 1. The number of hydrogen-bond acceptors (Lipinski definition) is 3. The van der Waals surface area contributed by atoms with Crippen LogP contribution in [0.5, 0.6) is 0 Å². The fourth-order valence-corrected chi connectivity index (χ4v) is 2.18. The zero-order valence-electron chi connectivity index (χ0n) is 12.0. The summed E-state index contributed by atoms with van der Waals surface area (Å²) in [5, 5.41) is 1.93. The van der Waals surface area contributed by atoms with Crippen LogP contribution in [0.2, 0.25) is 0 Å². The fraction of sp³-hybridized carbons (Fsp3) is 0.176. The van der Waals surface area contributed by atoms with Crippen LogP contribution in [0.15, 0.2) is 70.2 Å². The van der Waals surface area contributed by atoms with Crippen molar-refractivity contribution < 1.29 is 0 Å². The predicted octanol–water partition coefficient (Wildman–Crippen LogP) is 2.30. The van der Waals surface area contributed by atoms with Gasteiger partial charge >= 0.3 is 0 Å². The standard InChI is InChI=1S/C17H17N3/c1-12-10-15-16(11-13(12)2)19-17(18-15)8-7-14-6-4-5-9-20(14)3/h4-11H,1-3H3/b14-7-. The second kappa shape index (κ2) is 4.93. The highest BCUT2D eigenvalue weighted by molar-refractivity contribution is 5.32. The van der Waals surface area contributed by atoms with Gasteiger partial charge in [0.2, 0.25) is 0 Å². The highest BCUT2D eigenvalue weighted by Gasteiger charge is 2.04. The Morgan fingerprint density at radius 2 is 1.60 bits per heavy atom. The normalized spacial score (nSPS) is 18.1. The summed E-state index contributed by atoms with van der Waals surface area (Å²) in [6.45, 7) is 4.20. The molecule has 0 N–H and O–H groups in total. The van der Waals surface area contributed by atoms with Crippen molar-refractivity contribution in [3.63, 3.8) is 0 Å². The maximum atomic E-state index is 4.55. The lowest BCUT2D eigenvalue weighted by atomic mass is 10.1. The minimum absolute atomic E-state index is 0.758. The van der Waals surface area contributed by atoms with E-state index in [1.807, 2.05) is 37.6 Å². The molecule has 1 aromatic carbocycles. The SMILES string of the molecule is Cc1cc2c(cc1C)=NC(=C/C=C1/C=CC=CN1C)N=2. The lowest BCUT2D eigenvalue weighted by Gasteiger charge is -2.16.